The van der Waals surface area contributed by atoms with Crippen molar-refractivity contribution in [3.8, 4) is 5.75 Å². The summed E-state index contributed by atoms with van der Waals surface area (Å²) in [5, 5.41) is 3.95. The minimum atomic E-state index is -0.177. The highest BCUT2D eigenvalue weighted by Crippen LogP contribution is 2.27. The lowest BCUT2D eigenvalue weighted by molar-refractivity contribution is -0.118. The van der Waals surface area contributed by atoms with Gasteiger partial charge in [-0.05, 0) is 36.1 Å². The van der Waals surface area contributed by atoms with Gasteiger partial charge >= 0.3 is 0 Å². The van der Waals surface area contributed by atoms with Crippen LogP contribution in [0.2, 0.25) is 0 Å². The van der Waals surface area contributed by atoms with Crippen molar-refractivity contribution in [3.05, 3.63) is 66.4 Å². The summed E-state index contributed by atoms with van der Waals surface area (Å²) >= 11 is 0. The Morgan fingerprint density at radius 3 is 2.76 bits per heavy atom. The Balaban J connectivity index is 1.69. The molecule has 2 aromatic carbocycles. The number of ether oxygens (including phenoxy) is 1. The molecule has 1 aromatic heterocycles. The third-order valence-corrected chi connectivity index (χ3v) is 4.33. The molecule has 1 atom stereocenters. The molecule has 4 heteroatoms. The van der Waals surface area contributed by atoms with Crippen LogP contribution in [0.25, 0.3) is 10.9 Å². The number of pyridine rings is 1. The van der Waals surface area contributed by atoms with E-state index < -0.39 is 0 Å². The molecule has 0 saturated carbocycles. The van der Waals surface area contributed by atoms with Crippen LogP contribution in [0.4, 0.5) is 5.69 Å². The zero-order valence-electron chi connectivity index (χ0n) is 14.5. The van der Waals surface area contributed by atoms with Gasteiger partial charge in [-0.2, -0.15) is 0 Å². The number of benzene rings is 2. The maximum absolute atomic E-state index is 12.3. The number of nitrogens with zero attached hydrogens (tertiary/aromatic N) is 1. The van der Waals surface area contributed by atoms with E-state index in [1.54, 1.807) is 6.20 Å². The molecule has 0 bridgehead atoms. The number of nitrogens with one attached hydrogen (secondary N) is 1. The van der Waals surface area contributed by atoms with E-state index in [0.29, 0.717) is 11.7 Å². The van der Waals surface area contributed by atoms with Gasteiger partial charge in [-0.3, -0.25) is 9.78 Å². The Morgan fingerprint density at radius 2 is 1.92 bits per heavy atom. The smallest absolute Gasteiger partial charge is 0.262 e. The zero-order chi connectivity index (χ0) is 17.6. The number of fused-ring (bicyclic) bond motifs is 1. The van der Waals surface area contributed by atoms with Gasteiger partial charge in [0, 0.05) is 17.3 Å². The molecule has 1 heterocycles. The standard InChI is InChI=1S/C21H22N2O2/c1-3-15(2)17-10-4-5-11-18(17)23-20(24)14-25-19-12-6-8-16-9-7-13-22-21(16)19/h4-13,15H,3,14H2,1-2H3,(H,23,24). The first kappa shape index (κ1) is 17.0. The van der Waals surface area contributed by atoms with E-state index in [4.69, 9.17) is 4.74 Å². The third kappa shape index (κ3) is 3.97. The fourth-order valence-electron chi connectivity index (χ4n) is 2.78. The van der Waals surface area contributed by atoms with Gasteiger partial charge in [0.15, 0.2) is 6.61 Å². The van der Waals surface area contributed by atoms with Gasteiger partial charge in [0.2, 0.25) is 0 Å². The molecule has 3 rings (SSSR count). The lowest BCUT2D eigenvalue weighted by Crippen LogP contribution is -2.21. The fourth-order valence-corrected chi connectivity index (χ4v) is 2.78. The van der Waals surface area contributed by atoms with Crippen LogP contribution in [-0.4, -0.2) is 17.5 Å². The normalized spacial score (nSPS) is 11.9. The summed E-state index contributed by atoms with van der Waals surface area (Å²) in [6.45, 7) is 4.24. The Bertz CT molecular complexity index is 871. The van der Waals surface area contributed by atoms with Crippen LogP contribution in [0, 0.1) is 0 Å². The second-order valence-electron chi connectivity index (χ2n) is 6.06. The van der Waals surface area contributed by atoms with Crippen molar-refractivity contribution in [1.82, 2.24) is 4.98 Å². The van der Waals surface area contributed by atoms with E-state index in [1.807, 2.05) is 48.5 Å². The summed E-state index contributed by atoms with van der Waals surface area (Å²) in [5.74, 6) is 0.826. The summed E-state index contributed by atoms with van der Waals surface area (Å²) < 4.78 is 5.71. The zero-order valence-corrected chi connectivity index (χ0v) is 14.5. The van der Waals surface area contributed by atoms with Crippen LogP contribution in [0.15, 0.2) is 60.8 Å². The van der Waals surface area contributed by atoms with Gasteiger partial charge in [-0.15, -0.1) is 0 Å². The highest BCUT2D eigenvalue weighted by molar-refractivity contribution is 5.93. The van der Waals surface area contributed by atoms with Crippen molar-refractivity contribution in [2.24, 2.45) is 0 Å². The number of para-hydroxylation sites is 2. The van der Waals surface area contributed by atoms with Crippen molar-refractivity contribution in [3.63, 3.8) is 0 Å². The molecule has 0 fully saturated rings. The molecule has 0 aliphatic rings. The van der Waals surface area contributed by atoms with Crippen LogP contribution in [0.3, 0.4) is 0 Å². The van der Waals surface area contributed by atoms with Crippen molar-refractivity contribution >= 4 is 22.5 Å². The fraction of sp³-hybridized carbons (Fsp3) is 0.238. The predicted octanol–water partition coefficient (Wildman–Crippen LogP) is 4.77. The van der Waals surface area contributed by atoms with E-state index in [0.717, 1.165) is 28.6 Å². The molecular weight excluding hydrogens is 312 g/mol. The van der Waals surface area contributed by atoms with E-state index in [1.165, 1.54) is 0 Å². The van der Waals surface area contributed by atoms with Crippen LogP contribution in [0.1, 0.15) is 31.7 Å². The highest BCUT2D eigenvalue weighted by Gasteiger charge is 2.12. The number of carbonyl (C=O) groups is 1. The lowest BCUT2D eigenvalue weighted by atomic mass is 9.97. The van der Waals surface area contributed by atoms with Gasteiger partial charge in [0.05, 0.1) is 0 Å². The van der Waals surface area contributed by atoms with Crippen molar-refractivity contribution in [2.75, 3.05) is 11.9 Å². The summed E-state index contributed by atoms with van der Waals surface area (Å²) in [4.78, 5) is 16.7. The van der Waals surface area contributed by atoms with Gasteiger partial charge in [0.1, 0.15) is 11.3 Å². The van der Waals surface area contributed by atoms with Crippen LogP contribution in [0.5, 0.6) is 5.75 Å². The van der Waals surface area contributed by atoms with Gasteiger partial charge in [-0.1, -0.05) is 50.2 Å². The number of rotatable bonds is 6. The topological polar surface area (TPSA) is 51.2 Å². The first-order valence-corrected chi connectivity index (χ1v) is 8.54. The number of anilines is 1. The maximum Gasteiger partial charge on any atom is 0.262 e. The molecule has 128 valence electrons. The third-order valence-electron chi connectivity index (χ3n) is 4.33. The van der Waals surface area contributed by atoms with Crippen LogP contribution in [-0.2, 0) is 4.79 Å². The van der Waals surface area contributed by atoms with E-state index in [9.17, 15) is 4.79 Å². The number of amides is 1. The van der Waals surface area contributed by atoms with Crippen LogP contribution < -0.4 is 10.1 Å². The first-order valence-electron chi connectivity index (χ1n) is 8.54. The SMILES string of the molecule is CCC(C)c1ccccc1NC(=O)COc1cccc2cccnc12. The molecule has 0 aliphatic carbocycles. The van der Waals surface area contributed by atoms with Crippen molar-refractivity contribution in [1.29, 1.82) is 0 Å². The number of hydrogen-bond acceptors (Lipinski definition) is 3. The van der Waals surface area contributed by atoms with Gasteiger partial charge < -0.3 is 10.1 Å². The molecule has 0 aliphatic heterocycles. The average molecular weight is 334 g/mol. The lowest BCUT2D eigenvalue weighted by Gasteiger charge is -2.16. The second kappa shape index (κ2) is 7.79. The quantitative estimate of drug-likeness (QED) is 0.707. The second-order valence-corrected chi connectivity index (χ2v) is 6.06. The predicted molar refractivity (Wildman–Crippen MR) is 101 cm³/mol. The van der Waals surface area contributed by atoms with Crippen LogP contribution >= 0.6 is 0 Å². The van der Waals surface area contributed by atoms with Gasteiger partial charge in [0.25, 0.3) is 5.91 Å². The van der Waals surface area contributed by atoms with E-state index in [2.05, 4.69) is 30.2 Å². The summed E-state index contributed by atoms with van der Waals surface area (Å²) in [6, 6.07) is 17.5. The Morgan fingerprint density at radius 1 is 1.12 bits per heavy atom. The largest absolute Gasteiger partial charge is 0.481 e. The summed E-state index contributed by atoms with van der Waals surface area (Å²) in [7, 11) is 0. The molecule has 25 heavy (non-hydrogen) atoms. The molecule has 1 unspecified atom stereocenters. The first-order chi connectivity index (χ1) is 12.2. The minimum absolute atomic E-state index is 0.0511. The Kier molecular flexibility index (Phi) is 5.29. The highest BCUT2D eigenvalue weighted by atomic mass is 16.5. The average Bonchev–Trinajstić information content (AvgIpc) is 2.66. The summed E-state index contributed by atoms with van der Waals surface area (Å²) in [6.07, 6.45) is 2.74. The number of carbonyl (C=O) groups excluding carboxylic acids is 1. The van der Waals surface area contributed by atoms with E-state index in [-0.39, 0.29) is 12.5 Å². The number of aromatic nitrogens is 1. The maximum atomic E-state index is 12.3. The molecule has 0 spiro atoms. The molecule has 0 radical (unpaired) electrons. The monoisotopic (exact) mass is 334 g/mol. The number of hydrogen-bond donors (Lipinski definition) is 1. The Hall–Kier alpha value is -2.88. The molecule has 4 nitrogen and oxygen atoms in total. The van der Waals surface area contributed by atoms with Crippen molar-refractivity contribution < 1.29 is 9.53 Å². The van der Waals surface area contributed by atoms with E-state index >= 15 is 0 Å². The molecule has 0 saturated heterocycles. The minimum Gasteiger partial charge on any atom is -0.481 e. The molecule has 3 aromatic rings. The molecular formula is C21H22N2O2. The Labute approximate surface area is 147 Å². The molecule has 1 N–H and O–H groups in total. The summed E-state index contributed by atoms with van der Waals surface area (Å²) in [5.41, 5.74) is 2.75. The van der Waals surface area contributed by atoms with Gasteiger partial charge in [-0.25, -0.2) is 0 Å². The van der Waals surface area contributed by atoms with Crippen molar-refractivity contribution in [2.45, 2.75) is 26.2 Å². The molecule has 1 amide bonds.